The molecule has 0 aliphatic rings. The van der Waals surface area contributed by atoms with Crippen molar-refractivity contribution in [3.05, 3.63) is 47.0 Å². The topological polar surface area (TPSA) is 56.8 Å². The number of rotatable bonds is 6. The number of carbonyl (C=O) groups excluding carboxylic acids is 1. The van der Waals surface area contributed by atoms with Crippen LogP contribution in [-0.4, -0.2) is 26.7 Å². The van der Waals surface area contributed by atoms with Gasteiger partial charge in [-0.15, -0.1) is 0 Å². The van der Waals surface area contributed by atoms with Gasteiger partial charge in [0.05, 0.1) is 19.9 Å². The minimum Gasteiger partial charge on any atom is -0.497 e. The predicted molar refractivity (Wildman–Crippen MR) is 89.9 cm³/mol. The summed E-state index contributed by atoms with van der Waals surface area (Å²) in [6, 6.07) is 10.4. The average molecular weight is 336 g/mol. The second-order valence-corrected chi connectivity index (χ2v) is 5.22. The Morgan fingerprint density at radius 1 is 1.09 bits per heavy atom. The molecule has 0 aliphatic heterocycles. The molecule has 0 bridgehead atoms. The van der Waals surface area contributed by atoms with Crippen LogP contribution in [0.3, 0.4) is 0 Å². The van der Waals surface area contributed by atoms with E-state index in [2.05, 4.69) is 5.32 Å². The SMILES string of the molecule is COc1ccc(OCC(=O)Nc2cc(C)c(Cl)cc2OC)cc1. The molecule has 0 aliphatic carbocycles. The molecule has 6 heteroatoms. The maximum absolute atomic E-state index is 12.0. The predicted octanol–water partition coefficient (Wildman–Crippen LogP) is 3.68. The van der Waals surface area contributed by atoms with E-state index < -0.39 is 0 Å². The molecule has 1 N–H and O–H groups in total. The number of amides is 1. The molecule has 1 amide bonds. The third kappa shape index (κ3) is 4.53. The zero-order valence-corrected chi connectivity index (χ0v) is 13.9. The number of aryl methyl sites for hydroxylation is 1. The lowest BCUT2D eigenvalue weighted by Gasteiger charge is -2.13. The van der Waals surface area contributed by atoms with E-state index in [-0.39, 0.29) is 12.5 Å². The summed E-state index contributed by atoms with van der Waals surface area (Å²) < 4.78 is 15.7. The summed E-state index contributed by atoms with van der Waals surface area (Å²) in [5, 5.41) is 3.33. The highest BCUT2D eigenvalue weighted by molar-refractivity contribution is 6.31. The minimum absolute atomic E-state index is 0.114. The first kappa shape index (κ1) is 17.0. The van der Waals surface area contributed by atoms with Gasteiger partial charge in [-0.25, -0.2) is 0 Å². The van der Waals surface area contributed by atoms with Gasteiger partial charge in [-0.1, -0.05) is 11.6 Å². The molecule has 0 atom stereocenters. The van der Waals surface area contributed by atoms with Gasteiger partial charge in [0, 0.05) is 11.1 Å². The number of benzene rings is 2. The molecule has 0 saturated heterocycles. The summed E-state index contributed by atoms with van der Waals surface area (Å²) in [7, 11) is 3.11. The number of carbonyl (C=O) groups is 1. The van der Waals surface area contributed by atoms with E-state index in [9.17, 15) is 4.79 Å². The largest absolute Gasteiger partial charge is 0.497 e. The fourth-order valence-corrected chi connectivity index (χ4v) is 2.09. The van der Waals surface area contributed by atoms with Crippen LogP contribution >= 0.6 is 11.6 Å². The summed E-state index contributed by atoms with van der Waals surface area (Å²) in [5.74, 6) is 1.52. The molecule has 0 unspecified atom stereocenters. The van der Waals surface area contributed by atoms with Crippen LogP contribution in [0.5, 0.6) is 17.2 Å². The molecule has 5 nitrogen and oxygen atoms in total. The van der Waals surface area contributed by atoms with Gasteiger partial charge in [0.1, 0.15) is 17.2 Å². The highest BCUT2D eigenvalue weighted by Gasteiger charge is 2.11. The summed E-state index contributed by atoms with van der Waals surface area (Å²) in [6.07, 6.45) is 0. The summed E-state index contributed by atoms with van der Waals surface area (Å²) in [5.41, 5.74) is 1.40. The van der Waals surface area contributed by atoms with Crippen molar-refractivity contribution in [2.24, 2.45) is 0 Å². The fraction of sp³-hybridized carbons (Fsp3) is 0.235. The normalized spacial score (nSPS) is 10.1. The Balaban J connectivity index is 1.98. The molecule has 0 fully saturated rings. The van der Waals surface area contributed by atoms with Crippen LogP contribution < -0.4 is 19.5 Å². The second-order valence-electron chi connectivity index (χ2n) is 4.81. The third-order valence-electron chi connectivity index (χ3n) is 3.18. The Kier molecular flexibility index (Phi) is 5.71. The van der Waals surface area contributed by atoms with Crippen LogP contribution in [-0.2, 0) is 4.79 Å². The molecule has 0 spiro atoms. The first-order valence-electron chi connectivity index (χ1n) is 6.94. The van der Waals surface area contributed by atoms with Gasteiger partial charge < -0.3 is 19.5 Å². The lowest BCUT2D eigenvalue weighted by atomic mass is 10.2. The smallest absolute Gasteiger partial charge is 0.262 e. The number of methoxy groups -OCH3 is 2. The summed E-state index contributed by atoms with van der Waals surface area (Å²) in [6.45, 7) is 1.74. The number of anilines is 1. The van der Waals surface area contributed by atoms with E-state index in [1.54, 1.807) is 43.5 Å². The molecular weight excluding hydrogens is 318 g/mol. The van der Waals surface area contributed by atoms with Crippen LogP contribution in [0.15, 0.2) is 36.4 Å². The van der Waals surface area contributed by atoms with Crippen molar-refractivity contribution < 1.29 is 19.0 Å². The molecule has 23 heavy (non-hydrogen) atoms. The maximum Gasteiger partial charge on any atom is 0.262 e. The number of halogens is 1. The Morgan fingerprint density at radius 3 is 2.35 bits per heavy atom. The van der Waals surface area contributed by atoms with Crippen LogP contribution in [0.4, 0.5) is 5.69 Å². The number of hydrogen-bond donors (Lipinski definition) is 1. The molecule has 0 saturated carbocycles. The monoisotopic (exact) mass is 335 g/mol. The van der Waals surface area contributed by atoms with Crippen molar-refractivity contribution in [3.8, 4) is 17.2 Å². The van der Waals surface area contributed by atoms with Crippen molar-refractivity contribution in [1.82, 2.24) is 0 Å². The van der Waals surface area contributed by atoms with E-state index in [0.29, 0.717) is 22.2 Å². The van der Waals surface area contributed by atoms with E-state index in [1.807, 2.05) is 6.92 Å². The molecule has 122 valence electrons. The van der Waals surface area contributed by atoms with Gasteiger partial charge in [-0.2, -0.15) is 0 Å². The molecule has 2 aromatic carbocycles. The number of nitrogens with one attached hydrogen (secondary N) is 1. The van der Waals surface area contributed by atoms with Gasteiger partial charge >= 0.3 is 0 Å². The van der Waals surface area contributed by atoms with Crippen molar-refractivity contribution in [2.45, 2.75) is 6.92 Å². The number of hydrogen-bond acceptors (Lipinski definition) is 4. The standard InChI is InChI=1S/C17H18ClNO4/c1-11-8-15(16(22-3)9-14(11)18)19-17(20)10-23-13-6-4-12(21-2)5-7-13/h4-9H,10H2,1-3H3,(H,19,20). The highest BCUT2D eigenvalue weighted by atomic mass is 35.5. The van der Waals surface area contributed by atoms with E-state index in [4.69, 9.17) is 25.8 Å². The van der Waals surface area contributed by atoms with Crippen LogP contribution in [0, 0.1) is 6.92 Å². The van der Waals surface area contributed by atoms with Crippen molar-refractivity contribution in [2.75, 3.05) is 26.1 Å². The quantitative estimate of drug-likeness (QED) is 0.874. The zero-order chi connectivity index (χ0) is 16.8. The third-order valence-corrected chi connectivity index (χ3v) is 3.59. The van der Waals surface area contributed by atoms with E-state index in [0.717, 1.165) is 11.3 Å². The summed E-state index contributed by atoms with van der Waals surface area (Å²) in [4.78, 5) is 12.0. The van der Waals surface area contributed by atoms with Crippen LogP contribution in [0.2, 0.25) is 5.02 Å². The van der Waals surface area contributed by atoms with Gasteiger partial charge in [0.2, 0.25) is 0 Å². The van der Waals surface area contributed by atoms with Gasteiger partial charge in [0.15, 0.2) is 6.61 Å². The number of ether oxygens (including phenoxy) is 3. The first-order valence-corrected chi connectivity index (χ1v) is 7.32. The molecule has 2 aromatic rings. The zero-order valence-electron chi connectivity index (χ0n) is 13.2. The lowest BCUT2D eigenvalue weighted by molar-refractivity contribution is -0.118. The van der Waals surface area contributed by atoms with Crippen molar-refractivity contribution in [1.29, 1.82) is 0 Å². The Labute approximate surface area is 140 Å². The van der Waals surface area contributed by atoms with Crippen LogP contribution in [0.25, 0.3) is 0 Å². The summed E-state index contributed by atoms with van der Waals surface area (Å²) >= 11 is 6.04. The van der Waals surface area contributed by atoms with Gasteiger partial charge in [0.25, 0.3) is 5.91 Å². The molecule has 0 heterocycles. The first-order chi connectivity index (χ1) is 11.0. The Morgan fingerprint density at radius 2 is 1.74 bits per heavy atom. The van der Waals surface area contributed by atoms with Gasteiger partial charge in [-0.3, -0.25) is 4.79 Å². The minimum atomic E-state index is -0.291. The average Bonchev–Trinajstić information content (AvgIpc) is 2.56. The highest BCUT2D eigenvalue weighted by Crippen LogP contribution is 2.30. The van der Waals surface area contributed by atoms with E-state index in [1.165, 1.54) is 7.11 Å². The molecule has 0 radical (unpaired) electrons. The Hall–Kier alpha value is -2.40. The second kappa shape index (κ2) is 7.74. The van der Waals surface area contributed by atoms with Crippen molar-refractivity contribution >= 4 is 23.2 Å². The van der Waals surface area contributed by atoms with Crippen molar-refractivity contribution in [3.63, 3.8) is 0 Å². The lowest BCUT2D eigenvalue weighted by Crippen LogP contribution is -2.20. The molecule has 0 aromatic heterocycles. The van der Waals surface area contributed by atoms with E-state index >= 15 is 0 Å². The maximum atomic E-state index is 12.0. The van der Waals surface area contributed by atoms with Crippen LogP contribution in [0.1, 0.15) is 5.56 Å². The molecular formula is C17H18ClNO4. The molecule has 2 rings (SSSR count). The Bertz CT molecular complexity index is 686. The fourth-order valence-electron chi connectivity index (χ4n) is 1.94. The van der Waals surface area contributed by atoms with Gasteiger partial charge in [-0.05, 0) is 42.8 Å².